The van der Waals surface area contributed by atoms with E-state index >= 15 is 0 Å². The van der Waals surface area contributed by atoms with E-state index in [-0.39, 0.29) is 9.92 Å². The molecule has 0 unspecified atom stereocenters. The van der Waals surface area contributed by atoms with Gasteiger partial charge in [0.1, 0.15) is 4.90 Å². The van der Waals surface area contributed by atoms with E-state index in [2.05, 4.69) is 20.7 Å². The Bertz CT molecular complexity index is 699. The zero-order chi connectivity index (χ0) is 14.0. The van der Waals surface area contributed by atoms with E-state index in [4.69, 9.17) is 11.6 Å². The van der Waals surface area contributed by atoms with E-state index in [1.165, 1.54) is 6.07 Å². The maximum Gasteiger partial charge on any atom is 0.263 e. The Morgan fingerprint density at radius 3 is 2.32 bits per heavy atom. The Hall–Kier alpha value is -1.04. The van der Waals surface area contributed by atoms with Crippen LogP contribution < -0.4 is 4.72 Å². The molecule has 0 aliphatic carbocycles. The van der Waals surface area contributed by atoms with Gasteiger partial charge in [0.25, 0.3) is 10.0 Å². The molecule has 0 amide bonds. The summed E-state index contributed by atoms with van der Waals surface area (Å²) in [5.41, 5.74) is 1.40. The minimum atomic E-state index is -3.67. The van der Waals surface area contributed by atoms with Gasteiger partial charge in [0.2, 0.25) is 0 Å². The van der Waals surface area contributed by atoms with Crippen molar-refractivity contribution in [2.75, 3.05) is 4.72 Å². The zero-order valence-electron chi connectivity index (χ0n) is 10.0. The van der Waals surface area contributed by atoms with Gasteiger partial charge < -0.3 is 0 Å². The molecule has 0 aliphatic rings. The minimum absolute atomic E-state index is 0.0719. The second-order valence-corrected chi connectivity index (χ2v) is 7.02. The molecule has 0 bridgehead atoms. The summed E-state index contributed by atoms with van der Waals surface area (Å²) < 4.78 is 27.8. The molecule has 0 aliphatic heterocycles. The van der Waals surface area contributed by atoms with Crippen molar-refractivity contribution < 1.29 is 8.42 Å². The summed E-state index contributed by atoms with van der Waals surface area (Å²) in [6.07, 6.45) is 0. The highest BCUT2D eigenvalue weighted by Crippen LogP contribution is 2.25. The number of nitrogens with one attached hydrogen (secondary N) is 1. The molecule has 6 heteroatoms. The van der Waals surface area contributed by atoms with E-state index < -0.39 is 10.0 Å². The van der Waals surface area contributed by atoms with Crippen molar-refractivity contribution in [3.63, 3.8) is 0 Å². The quantitative estimate of drug-likeness (QED) is 0.891. The third-order valence-electron chi connectivity index (χ3n) is 2.47. The molecule has 0 saturated heterocycles. The molecule has 0 radical (unpaired) electrons. The predicted molar refractivity (Wildman–Crippen MR) is 81.1 cm³/mol. The molecule has 0 atom stereocenters. The number of anilines is 1. The van der Waals surface area contributed by atoms with Crippen molar-refractivity contribution in [2.45, 2.75) is 11.8 Å². The second kappa shape index (κ2) is 5.53. The third-order valence-corrected chi connectivity index (χ3v) is 4.87. The van der Waals surface area contributed by atoms with Crippen molar-refractivity contribution in [1.82, 2.24) is 0 Å². The number of hydrogen-bond donors (Lipinski definition) is 1. The highest BCUT2D eigenvalue weighted by molar-refractivity contribution is 9.10. The van der Waals surface area contributed by atoms with E-state index in [9.17, 15) is 8.42 Å². The average molecular weight is 361 g/mol. The number of aryl methyl sites for hydroxylation is 1. The van der Waals surface area contributed by atoms with Crippen LogP contribution in [0.25, 0.3) is 0 Å². The maximum atomic E-state index is 12.2. The van der Waals surface area contributed by atoms with Crippen molar-refractivity contribution in [3.8, 4) is 0 Å². The van der Waals surface area contributed by atoms with Gasteiger partial charge in [0.05, 0.1) is 5.02 Å². The Kier molecular flexibility index (Phi) is 4.18. The molecule has 0 aromatic heterocycles. The first-order valence-electron chi connectivity index (χ1n) is 5.43. The SMILES string of the molecule is Cc1ccc(S(=O)(=O)Nc2ccc(Br)cc2)c(Cl)c1. The van der Waals surface area contributed by atoms with E-state index in [1.807, 2.05) is 6.92 Å². The van der Waals surface area contributed by atoms with Crippen LogP contribution in [0.2, 0.25) is 5.02 Å². The normalized spacial score (nSPS) is 11.3. The van der Waals surface area contributed by atoms with Gasteiger partial charge in [-0.3, -0.25) is 4.72 Å². The summed E-state index contributed by atoms with van der Waals surface area (Å²) in [7, 11) is -3.67. The lowest BCUT2D eigenvalue weighted by atomic mass is 10.2. The summed E-state index contributed by atoms with van der Waals surface area (Å²) in [5, 5.41) is 0.213. The molecular weight excluding hydrogens is 350 g/mol. The van der Waals surface area contributed by atoms with Crippen LogP contribution in [-0.4, -0.2) is 8.42 Å². The van der Waals surface area contributed by atoms with Crippen molar-refractivity contribution >= 4 is 43.2 Å². The first kappa shape index (κ1) is 14.4. The molecule has 2 aromatic carbocycles. The summed E-state index contributed by atoms with van der Waals surface area (Å²) in [4.78, 5) is 0.0719. The van der Waals surface area contributed by atoms with E-state index in [1.54, 1.807) is 36.4 Å². The Morgan fingerprint density at radius 2 is 1.74 bits per heavy atom. The van der Waals surface area contributed by atoms with Crippen molar-refractivity contribution in [1.29, 1.82) is 0 Å². The monoisotopic (exact) mass is 359 g/mol. The molecule has 0 fully saturated rings. The molecule has 3 nitrogen and oxygen atoms in total. The standard InChI is InChI=1S/C13H11BrClNO2S/c1-9-2-7-13(12(15)8-9)19(17,18)16-11-5-3-10(14)4-6-11/h2-8,16H,1H3. The fourth-order valence-corrected chi connectivity index (χ4v) is 3.48. The van der Waals surface area contributed by atoms with Crippen molar-refractivity contribution in [2.24, 2.45) is 0 Å². The molecule has 2 rings (SSSR count). The van der Waals surface area contributed by atoms with E-state index in [0.717, 1.165) is 10.0 Å². The summed E-state index contributed by atoms with van der Waals surface area (Å²) >= 11 is 9.27. The van der Waals surface area contributed by atoms with Gasteiger partial charge in [-0.25, -0.2) is 8.42 Å². The van der Waals surface area contributed by atoms with Gasteiger partial charge in [0, 0.05) is 10.2 Å². The minimum Gasteiger partial charge on any atom is -0.280 e. The fraction of sp³-hybridized carbons (Fsp3) is 0.0769. The number of benzene rings is 2. The molecule has 0 heterocycles. The van der Waals surface area contributed by atoms with Gasteiger partial charge in [-0.15, -0.1) is 0 Å². The van der Waals surface area contributed by atoms with Gasteiger partial charge in [0.15, 0.2) is 0 Å². The first-order chi connectivity index (χ1) is 8.88. The molecule has 0 spiro atoms. The van der Waals surface area contributed by atoms with Gasteiger partial charge in [-0.1, -0.05) is 33.6 Å². The summed E-state index contributed by atoms with van der Waals surface area (Å²) in [6.45, 7) is 1.85. The summed E-state index contributed by atoms with van der Waals surface area (Å²) in [6, 6.07) is 11.7. The average Bonchev–Trinajstić information content (AvgIpc) is 2.31. The molecule has 100 valence electrons. The molecule has 1 N–H and O–H groups in total. The largest absolute Gasteiger partial charge is 0.280 e. The topological polar surface area (TPSA) is 46.2 Å². The van der Waals surface area contributed by atoms with Crippen LogP contribution in [0, 0.1) is 6.92 Å². The fourth-order valence-electron chi connectivity index (χ4n) is 1.55. The van der Waals surface area contributed by atoms with Crippen molar-refractivity contribution in [3.05, 3.63) is 57.5 Å². The first-order valence-corrected chi connectivity index (χ1v) is 8.08. The Balaban J connectivity index is 2.35. The molecule has 0 saturated carbocycles. The number of rotatable bonds is 3. The smallest absolute Gasteiger partial charge is 0.263 e. The number of sulfonamides is 1. The maximum absolute atomic E-state index is 12.2. The highest BCUT2D eigenvalue weighted by atomic mass is 79.9. The highest BCUT2D eigenvalue weighted by Gasteiger charge is 2.17. The second-order valence-electron chi connectivity index (χ2n) is 4.05. The van der Waals surface area contributed by atoms with Crippen LogP contribution in [0.1, 0.15) is 5.56 Å². The van der Waals surface area contributed by atoms with Gasteiger partial charge in [-0.2, -0.15) is 0 Å². The van der Waals surface area contributed by atoms with Crippen LogP contribution in [0.15, 0.2) is 51.8 Å². The predicted octanol–water partition coefficient (Wildman–Crippen LogP) is 4.21. The summed E-state index contributed by atoms with van der Waals surface area (Å²) in [5.74, 6) is 0. The van der Waals surface area contributed by atoms with Gasteiger partial charge >= 0.3 is 0 Å². The van der Waals surface area contributed by atoms with Crippen LogP contribution >= 0.6 is 27.5 Å². The van der Waals surface area contributed by atoms with E-state index in [0.29, 0.717) is 5.69 Å². The molecule has 2 aromatic rings. The zero-order valence-corrected chi connectivity index (χ0v) is 13.2. The lowest BCUT2D eigenvalue weighted by molar-refractivity contribution is 0.601. The number of hydrogen-bond acceptors (Lipinski definition) is 2. The van der Waals surface area contributed by atoms with Gasteiger partial charge in [-0.05, 0) is 48.9 Å². The molecule has 19 heavy (non-hydrogen) atoms. The third kappa shape index (κ3) is 3.49. The van der Waals surface area contributed by atoms with Crippen LogP contribution in [-0.2, 0) is 10.0 Å². The Morgan fingerprint density at radius 1 is 1.11 bits per heavy atom. The number of halogens is 2. The Labute approximate surface area is 125 Å². The van der Waals surface area contributed by atoms with Crippen LogP contribution in [0.5, 0.6) is 0 Å². The lowest BCUT2D eigenvalue weighted by Crippen LogP contribution is -2.13. The lowest BCUT2D eigenvalue weighted by Gasteiger charge is -2.10. The van der Waals surface area contributed by atoms with Crippen LogP contribution in [0.3, 0.4) is 0 Å². The molecular formula is C13H11BrClNO2S. The van der Waals surface area contributed by atoms with Crippen LogP contribution in [0.4, 0.5) is 5.69 Å².